The lowest BCUT2D eigenvalue weighted by Crippen LogP contribution is -1.99. The lowest BCUT2D eigenvalue weighted by molar-refractivity contribution is -0.104. The first-order valence-corrected chi connectivity index (χ1v) is 5.71. The molecule has 0 unspecified atom stereocenters. The molecule has 0 fully saturated rings. The van der Waals surface area contributed by atoms with Crippen molar-refractivity contribution in [2.24, 2.45) is 0 Å². The van der Waals surface area contributed by atoms with Crippen molar-refractivity contribution in [3.63, 3.8) is 0 Å². The standard InChI is InChI=1S/C14H18N2O/c1-3-4-5-8-13-10-12(7-6-9-17)11-16-14(13)15-2/h3,6-7,9-11H,1,4-5,8H2,2H3,(H,15,16)/b7-6+. The number of unbranched alkanes of at least 4 members (excludes halogenated alkanes) is 1. The molecule has 0 atom stereocenters. The summed E-state index contributed by atoms with van der Waals surface area (Å²) in [5.41, 5.74) is 2.12. The Labute approximate surface area is 102 Å². The van der Waals surface area contributed by atoms with E-state index in [-0.39, 0.29) is 0 Å². The van der Waals surface area contributed by atoms with Crippen molar-refractivity contribution in [2.75, 3.05) is 12.4 Å². The molecule has 0 aliphatic heterocycles. The number of aromatic nitrogens is 1. The molecule has 0 radical (unpaired) electrons. The van der Waals surface area contributed by atoms with Crippen LogP contribution in [0.5, 0.6) is 0 Å². The Balaban J connectivity index is 2.85. The van der Waals surface area contributed by atoms with Gasteiger partial charge in [0.05, 0.1) is 0 Å². The summed E-state index contributed by atoms with van der Waals surface area (Å²) in [7, 11) is 1.86. The zero-order chi connectivity index (χ0) is 12.5. The summed E-state index contributed by atoms with van der Waals surface area (Å²) in [4.78, 5) is 14.6. The Morgan fingerprint density at radius 2 is 2.35 bits per heavy atom. The third kappa shape index (κ3) is 4.23. The third-order valence-electron chi connectivity index (χ3n) is 2.45. The van der Waals surface area contributed by atoms with Crippen molar-refractivity contribution in [3.8, 4) is 0 Å². The maximum Gasteiger partial charge on any atom is 0.142 e. The molecule has 0 bridgehead atoms. The van der Waals surface area contributed by atoms with Crippen molar-refractivity contribution in [2.45, 2.75) is 19.3 Å². The number of allylic oxidation sites excluding steroid dienone is 2. The van der Waals surface area contributed by atoms with E-state index in [1.165, 1.54) is 11.6 Å². The van der Waals surface area contributed by atoms with E-state index in [4.69, 9.17) is 0 Å². The fraction of sp³-hybridized carbons (Fsp3) is 0.286. The zero-order valence-electron chi connectivity index (χ0n) is 10.1. The smallest absolute Gasteiger partial charge is 0.142 e. The SMILES string of the molecule is C=CCCCc1cc(/C=C/C=O)cnc1NC. The second kappa shape index (κ2) is 7.39. The number of nitrogens with zero attached hydrogens (tertiary/aromatic N) is 1. The first kappa shape index (κ1) is 13.2. The highest BCUT2D eigenvalue weighted by Gasteiger charge is 2.02. The Kier molecular flexibility index (Phi) is 5.72. The molecule has 3 heteroatoms. The van der Waals surface area contributed by atoms with Crippen LogP contribution in [0.4, 0.5) is 5.82 Å². The summed E-state index contributed by atoms with van der Waals surface area (Å²) in [5, 5.41) is 3.08. The molecule has 0 saturated heterocycles. The fourth-order valence-corrected chi connectivity index (χ4v) is 1.62. The van der Waals surface area contributed by atoms with E-state index >= 15 is 0 Å². The number of hydrogen-bond donors (Lipinski definition) is 1. The first-order valence-electron chi connectivity index (χ1n) is 5.71. The lowest BCUT2D eigenvalue weighted by atomic mass is 10.1. The molecule has 1 rings (SSSR count). The molecule has 0 aliphatic rings. The quantitative estimate of drug-likeness (QED) is 0.339. The topological polar surface area (TPSA) is 42.0 Å². The van der Waals surface area contributed by atoms with Gasteiger partial charge in [-0.2, -0.15) is 0 Å². The van der Waals surface area contributed by atoms with Gasteiger partial charge in [0.1, 0.15) is 12.1 Å². The van der Waals surface area contributed by atoms with Crippen LogP contribution < -0.4 is 5.32 Å². The number of hydrogen-bond acceptors (Lipinski definition) is 3. The largest absolute Gasteiger partial charge is 0.373 e. The normalized spacial score (nSPS) is 10.4. The number of nitrogens with one attached hydrogen (secondary N) is 1. The average molecular weight is 230 g/mol. The van der Waals surface area contributed by atoms with Crippen LogP contribution in [0, 0.1) is 0 Å². The Hall–Kier alpha value is -1.90. The molecule has 3 nitrogen and oxygen atoms in total. The van der Waals surface area contributed by atoms with Crippen molar-refractivity contribution >= 4 is 18.2 Å². The predicted molar refractivity (Wildman–Crippen MR) is 72.0 cm³/mol. The van der Waals surface area contributed by atoms with Crippen LogP contribution in [0.15, 0.2) is 31.0 Å². The Morgan fingerprint density at radius 1 is 1.53 bits per heavy atom. The summed E-state index contributed by atoms with van der Waals surface area (Å²) in [6.45, 7) is 3.71. The van der Waals surface area contributed by atoms with Crippen molar-refractivity contribution in [1.29, 1.82) is 0 Å². The van der Waals surface area contributed by atoms with Gasteiger partial charge in [-0.1, -0.05) is 12.2 Å². The van der Waals surface area contributed by atoms with Gasteiger partial charge in [0.25, 0.3) is 0 Å². The van der Waals surface area contributed by atoms with E-state index in [0.717, 1.165) is 36.9 Å². The number of aldehydes is 1. The van der Waals surface area contributed by atoms with E-state index in [2.05, 4.69) is 22.9 Å². The summed E-state index contributed by atoms with van der Waals surface area (Å²) in [6.07, 6.45) is 10.7. The van der Waals surface area contributed by atoms with E-state index < -0.39 is 0 Å². The molecule has 17 heavy (non-hydrogen) atoms. The summed E-state index contributed by atoms with van der Waals surface area (Å²) < 4.78 is 0. The van der Waals surface area contributed by atoms with Gasteiger partial charge >= 0.3 is 0 Å². The van der Waals surface area contributed by atoms with E-state index in [1.54, 1.807) is 12.3 Å². The van der Waals surface area contributed by atoms with Crippen LogP contribution in [-0.4, -0.2) is 18.3 Å². The van der Waals surface area contributed by atoms with Gasteiger partial charge in [-0.25, -0.2) is 4.98 Å². The molecule has 90 valence electrons. The number of anilines is 1. The van der Waals surface area contributed by atoms with Crippen molar-refractivity contribution < 1.29 is 4.79 Å². The zero-order valence-corrected chi connectivity index (χ0v) is 10.1. The minimum Gasteiger partial charge on any atom is -0.373 e. The summed E-state index contributed by atoms with van der Waals surface area (Å²) in [6, 6.07) is 2.06. The molecule has 1 aromatic rings. The average Bonchev–Trinajstić information content (AvgIpc) is 2.37. The molecular weight excluding hydrogens is 212 g/mol. The molecule has 1 N–H and O–H groups in total. The Bertz CT molecular complexity index is 411. The minimum absolute atomic E-state index is 0.767. The van der Waals surface area contributed by atoms with Gasteiger partial charge in [0.15, 0.2) is 0 Å². The van der Waals surface area contributed by atoms with Crippen LogP contribution in [0.2, 0.25) is 0 Å². The summed E-state index contributed by atoms with van der Waals surface area (Å²) >= 11 is 0. The maximum absolute atomic E-state index is 10.3. The summed E-state index contributed by atoms with van der Waals surface area (Å²) in [5.74, 6) is 0.900. The van der Waals surface area contributed by atoms with Gasteiger partial charge < -0.3 is 5.32 Å². The Morgan fingerprint density at radius 3 is 3.00 bits per heavy atom. The second-order valence-electron chi connectivity index (χ2n) is 3.70. The molecule has 0 aromatic carbocycles. The first-order chi connectivity index (χ1) is 8.31. The molecule has 0 saturated carbocycles. The molecule has 0 amide bonds. The molecule has 1 heterocycles. The van der Waals surface area contributed by atoms with Gasteiger partial charge in [0.2, 0.25) is 0 Å². The lowest BCUT2D eigenvalue weighted by Gasteiger charge is -2.08. The highest BCUT2D eigenvalue weighted by molar-refractivity contribution is 5.74. The number of carbonyl (C=O) groups excluding carboxylic acids is 1. The number of aryl methyl sites for hydroxylation is 1. The predicted octanol–water partition coefficient (Wildman–Crippen LogP) is 2.84. The van der Waals surface area contributed by atoms with Crippen molar-refractivity contribution in [3.05, 3.63) is 42.1 Å². The number of rotatable bonds is 7. The van der Waals surface area contributed by atoms with E-state index in [1.807, 2.05) is 13.1 Å². The van der Waals surface area contributed by atoms with Crippen LogP contribution >= 0.6 is 0 Å². The van der Waals surface area contributed by atoms with Crippen LogP contribution in [0.1, 0.15) is 24.0 Å². The minimum atomic E-state index is 0.767. The van der Waals surface area contributed by atoms with Crippen LogP contribution in [-0.2, 0) is 11.2 Å². The fourth-order valence-electron chi connectivity index (χ4n) is 1.62. The molecule has 0 aliphatic carbocycles. The van der Waals surface area contributed by atoms with Gasteiger partial charge in [-0.3, -0.25) is 4.79 Å². The maximum atomic E-state index is 10.3. The second-order valence-corrected chi connectivity index (χ2v) is 3.70. The molecule has 0 spiro atoms. The van der Waals surface area contributed by atoms with Crippen molar-refractivity contribution in [1.82, 2.24) is 4.98 Å². The number of carbonyl (C=O) groups is 1. The van der Waals surface area contributed by atoms with Gasteiger partial charge in [-0.05, 0) is 42.5 Å². The van der Waals surface area contributed by atoms with Gasteiger partial charge in [0, 0.05) is 13.2 Å². The molecular formula is C14H18N2O. The third-order valence-corrected chi connectivity index (χ3v) is 2.45. The number of pyridine rings is 1. The highest BCUT2D eigenvalue weighted by Crippen LogP contribution is 2.17. The van der Waals surface area contributed by atoms with E-state index in [0.29, 0.717) is 0 Å². The van der Waals surface area contributed by atoms with E-state index in [9.17, 15) is 4.79 Å². The molecule has 1 aromatic heterocycles. The monoisotopic (exact) mass is 230 g/mol. The van der Waals surface area contributed by atoms with Gasteiger partial charge in [-0.15, -0.1) is 6.58 Å². The highest BCUT2D eigenvalue weighted by atomic mass is 16.1. The van der Waals surface area contributed by atoms with Crippen LogP contribution in [0.3, 0.4) is 0 Å². The van der Waals surface area contributed by atoms with Crippen LogP contribution in [0.25, 0.3) is 6.08 Å².